The third-order valence-corrected chi connectivity index (χ3v) is 4.20. The molecule has 0 aliphatic rings. The van der Waals surface area contributed by atoms with Crippen molar-refractivity contribution in [1.29, 1.82) is 5.26 Å². The molecule has 1 aromatic carbocycles. The van der Waals surface area contributed by atoms with E-state index in [1.165, 1.54) is 12.1 Å². The number of nitrogens with one attached hydrogen (secondary N) is 3. The highest BCUT2D eigenvalue weighted by atomic mass is 19.4. The van der Waals surface area contributed by atoms with Gasteiger partial charge in [0.1, 0.15) is 18.2 Å². The summed E-state index contributed by atoms with van der Waals surface area (Å²) in [6.07, 6.45) is -4.08. The zero-order valence-corrected chi connectivity index (χ0v) is 15.3. The van der Waals surface area contributed by atoms with Crippen LogP contribution in [0.15, 0.2) is 29.1 Å². The number of aromatic nitrogens is 1. The molecule has 0 spiro atoms. The van der Waals surface area contributed by atoms with Crippen LogP contribution >= 0.6 is 0 Å². The molecule has 9 heteroatoms. The molecular weight excluding hydrogens is 373 g/mol. The molecule has 0 aliphatic heterocycles. The number of hydrogen-bond donors (Lipinski definition) is 3. The van der Waals surface area contributed by atoms with Crippen molar-refractivity contribution in [1.82, 2.24) is 4.98 Å². The standard InChI is InChI=1S/C19H19F3N4O2/c1-11-13(12(2)25-18(28)14(11)9-23)7-8-17(27)26-16-6-4-3-5-15(16)24-10-19(20,21)22/h3-6,24H,7-8,10H2,1-2H3,(H,25,28)(H,26,27). The molecule has 0 radical (unpaired) electrons. The van der Waals surface area contributed by atoms with E-state index in [0.717, 1.165) is 0 Å². The Morgan fingerprint density at radius 3 is 2.46 bits per heavy atom. The molecular formula is C19H19F3N4O2. The number of carbonyl (C=O) groups is 1. The second kappa shape index (κ2) is 8.61. The van der Waals surface area contributed by atoms with Crippen molar-refractivity contribution in [3.63, 3.8) is 0 Å². The predicted molar refractivity (Wildman–Crippen MR) is 99.2 cm³/mol. The fraction of sp³-hybridized carbons (Fsp3) is 0.316. The van der Waals surface area contributed by atoms with Crippen molar-refractivity contribution in [2.75, 3.05) is 17.2 Å². The van der Waals surface area contributed by atoms with Crippen molar-refractivity contribution in [3.8, 4) is 6.07 Å². The topological polar surface area (TPSA) is 97.8 Å². The van der Waals surface area contributed by atoms with Gasteiger partial charge in [-0.05, 0) is 43.5 Å². The van der Waals surface area contributed by atoms with Crippen LogP contribution in [0.25, 0.3) is 0 Å². The number of rotatable bonds is 6. The van der Waals surface area contributed by atoms with E-state index in [1.807, 2.05) is 6.07 Å². The van der Waals surface area contributed by atoms with Gasteiger partial charge in [0.2, 0.25) is 5.91 Å². The lowest BCUT2D eigenvalue weighted by molar-refractivity contribution is -0.116. The summed E-state index contributed by atoms with van der Waals surface area (Å²) < 4.78 is 37.2. The predicted octanol–water partition coefficient (Wildman–Crippen LogP) is 3.41. The Morgan fingerprint density at radius 1 is 1.21 bits per heavy atom. The lowest BCUT2D eigenvalue weighted by Gasteiger charge is -2.15. The van der Waals surface area contributed by atoms with Crippen LogP contribution in [0.3, 0.4) is 0 Å². The molecule has 6 nitrogen and oxygen atoms in total. The number of hydrogen-bond acceptors (Lipinski definition) is 4. The smallest absolute Gasteiger partial charge is 0.375 e. The fourth-order valence-corrected chi connectivity index (χ4v) is 2.81. The first-order chi connectivity index (χ1) is 13.1. The maximum absolute atomic E-state index is 12.4. The number of nitrogens with zero attached hydrogens (tertiary/aromatic N) is 1. The normalized spacial score (nSPS) is 11.0. The van der Waals surface area contributed by atoms with Crippen LogP contribution in [0, 0.1) is 25.2 Å². The number of nitriles is 1. The highest BCUT2D eigenvalue weighted by Gasteiger charge is 2.27. The molecule has 1 aromatic heterocycles. The summed E-state index contributed by atoms with van der Waals surface area (Å²) in [7, 11) is 0. The number of benzene rings is 1. The molecule has 0 atom stereocenters. The Labute approximate surface area is 159 Å². The third kappa shape index (κ3) is 5.36. The van der Waals surface area contributed by atoms with Crippen LogP contribution in [0.5, 0.6) is 0 Å². The Kier molecular flexibility index (Phi) is 6.46. The highest BCUT2D eigenvalue weighted by Crippen LogP contribution is 2.24. The Hall–Kier alpha value is -3.28. The van der Waals surface area contributed by atoms with E-state index < -0.39 is 24.2 Å². The zero-order valence-electron chi connectivity index (χ0n) is 15.3. The number of halogens is 3. The van der Waals surface area contributed by atoms with Crippen molar-refractivity contribution < 1.29 is 18.0 Å². The van der Waals surface area contributed by atoms with E-state index in [0.29, 0.717) is 16.8 Å². The number of H-pyrrole nitrogens is 1. The first-order valence-corrected chi connectivity index (χ1v) is 8.44. The summed E-state index contributed by atoms with van der Waals surface area (Å²) in [6, 6.07) is 7.95. The first kappa shape index (κ1) is 21.0. The lowest BCUT2D eigenvalue weighted by Crippen LogP contribution is -2.22. The van der Waals surface area contributed by atoms with E-state index in [-0.39, 0.29) is 29.8 Å². The van der Waals surface area contributed by atoms with Crippen LogP contribution in [0.4, 0.5) is 24.5 Å². The van der Waals surface area contributed by atoms with Crippen LogP contribution < -0.4 is 16.2 Å². The third-order valence-electron chi connectivity index (χ3n) is 4.20. The summed E-state index contributed by atoms with van der Waals surface area (Å²) in [5.41, 5.74) is 1.71. The van der Waals surface area contributed by atoms with Gasteiger partial charge in [-0.2, -0.15) is 18.4 Å². The van der Waals surface area contributed by atoms with Gasteiger partial charge < -0.3 is 15.6 Å². The van der Waals surface area contributed by atoms with E-state index in [9.17, 15) is 22.8 Å². The fourth-order valence-electron chi connectivity index (χ4n) is 2.81. The van der Waals surface area contributed by atoms with Crippen LogP contribution in [-0.4, -0.2) is 23.6 Å². The van der Waals surface area contributed by atoms with E-state index >= 15 is 0 Å². The van der Waals surface area contributed by atoms with Crippen molar-refractivity contribution in [2.45, 2.75) is 32.9 Å². The van der Waals surface area contributed by atoms with Crippen LogP contribution in [0.1, 0.15) is 28.8 Å². The number of anilines is 2. The number of para-hydroxylation sites is 2. The van der Waals surface area contributed by atoms with Gasteiger partial charge in [-0.15, -0.1) is 0 Å². The minimum Gasteiger partial charge on any atom is -0.375 e. The number of amides is 1. The zero-order chi connectivity index (χ0) is 20.9. The van der Waals surface area contributed by atoms with E-state index in [1.54, 1.807) is 26.0 Å². The quantitative estimate of drug-likeness (QED) is 0.702. The summed E-state index contributed by atoms with van der Waals surface area (Å²) >= 11 is 0. The molecule has 0 unspecified atom stereocenters. The second-order valence-electron chi connectivity index (χ2n) is 6.23. The molecule has 28 heavy (non-hydrogen) atoms. The minimum absolute atomic E-state index is 0.00250. The van der Waals surface area contributed by atoms with Gasteiger partial charge in [-0.25, -0.2) is 0 Å². The molecule has 1 amide bonds. The number of aromatic amines is 1. The molecule has 3 N–H and O–H groups in total. The molecule has 148 valence electrons. The maximum Gasteiger partial charge on any atom is 0.405 e. The van der Waals surface area contributed by atoms with Gasteiger partial charge in [0.25, 0.3) is 5.56 Å². The van der Waals surface area contributed by atoms with Gasteiger partial charge in [0, 0.05) is 12.1 Å². The molecule has 2 aromatic rings. The maximum atomic E-state index is 12.4. The Balaban J connectivity index is 2.09. The summed E-state index contributed by atoms with van der Waals surface area (Å²) in [6.45, 7) is 2.11. The Bertz CT molecular complexity index is 975. The van der Waals surface area contributed by atoms with Gasteiger partial charge in [0.15, 0.2) is 0 Å². The molecule has 0 fully saturated rings. The van der Waals surface area contributed by atoms with Crippen molar-refractivity contribution in [2.24, 2.45) is 0 Å². The van der Waals surface area contributed by atoms with Gasteiger partial charge >= 0.3 is 6.18 Å². The molecule has 2 rings (SSSR count). The van der Waals surface area contributed by atoms with Crippen molar-refractivity contribution >= 4 is 17.3 Å². The number of pyridine rings is 1. The summed E-state index contributed by atoms with van der Waals surface area (Å²) in [4.78, 5) is 26.6. The minimum atomic E-state index is -4.38. The van der Waals surface area contributed by atoms with Gasteiger partial charge in [-0.1, -0.05) is 12.1 Å². The molecule has 1 heterocycles. The van der Waals surface area contributed by atoms with E-state index in [2.05, 4.69) is 15.6 Å². The number of carbonyl (C=O) groups excluding carboxylic acids is 1. The average molecular weight is 392 g/mol. The second-order valence-corrected chi connectivity index (χ2v) is 6.23. The van der Waals surface area contributed by atoms with Crippen LogP contribution in [-0.2, 0) is 11.2 Å². The monoisotopic (exact) mass is 392 g/mol. The van der Waals surface area contributed by atoms with Crippen LogP contribution in [0.2, 0.25) is 0 Å². The molecule has 0 bridgehead atoms. The largest absolute Gasteiger partial charge is 0.405 e. The molecule has 0 saturated carbocycles. The number of aryl methyl sites for hydroxylation is 1. The highest BCUT2D eigenvalue weighted by molar-refractivity contribution is 5.94. The summed E-state index contributed by atoms with van der Waals surface area (Å²) in [5, 5.41) is 13.9. The van der Waals surface area contributed by atoms with Crippen molar-refractivity contribution in [3.05, 3.63) is 57.0 Å². The first-order valence-electron chi connectivity index (χ1n) is 8.44. The van der Waals surface area contributed by atoms with Gasteiger partial charge in [-0.3, -0.25) is 9.59 Å². The lowest BCUT2D eigenvalue weighted by atomic mass is 9.99. The average Bonchev–Trinajstić information content (AvgIpc) is 2.60. The van der Waals surface area contributed by atoms with Gasteiger partial charge in [0.05, 0.1) is 11.4 Å². The summed E-state index contributed by atoms with van der Waals surface area (Å²) in [5.74, 6) is -0.398. The SMILES string of the molecule is Cc1[nH]c(=O)c(C#N)c(C)c1CCC(=O)Nc1ccccc1NCC(F)(F)F. The molecule has 0 saturated heterocycles. The number of alkyl halides is 3. The van der Waals surface area contributed by atoms with E-state index in [4.69, 9.17) is 5.26 Å². The Morgan fingerprint density at radius 2 is 1.86 bits per heavy atom. The molecule has 0 aliphatic carbocycles.